The standard InChI is InChI=1S/C16H11N3.CH3.ClH.Pt/c1-2-9-14-13(8-1)18-16(19-14)12-7-3-5-11-6-4-10-17-15(11)12;;;/h1-10H,(H,18,19);1H3;1H;/q;-1;;+2/p-1. The summed E-state index contributed by atoms with van der Waals surface area (Å²) >= 11 is 1.61. The number of halogens is 1. The van der Waals surface area contributed by atoms with Crippen LogP contribution >= 0.6 is 9.42 Å². The van der Waals surface area contributed by atoms with Crippen molar-refractivity contribution in [3.63, 3.8) is 0 Å². The summed E-state index contributed by atoms with van der Waals surface area (Å²) in [6.45, 7) is 0. The van der Waals surface area contributed by atoms with Crippen LogP contribution < -0.4 is 0 Å². The molecular formula is C17H14ClN3Pt. The number of imidazole rings is 1. The predicted molar refractivity (Wildman–Crippen MR) is 89.1 cm³/mol. The molecule has 0 unspecified atom stereocenters. The quantitative estimate of drug-likeness (QED) is 0.385. The first-order valence-electron chi connectivity index (χ1n) is 6.33. The zero-order chi connectivity index (χ0) is 14.7. The molecule has 0 amide bonds. The van der Waals surface area contributed by atoms with Crippen molar-refractivity contribution in [3.05, 3.63) is 68.2 Å². The molecule has 2 aromatic heterocycles. The molecule has 5 heteroatoms. The summed E-state index contributed by atoms with van der Waals surface area (Å²) in [7, 11) is 4.61. The van der Waals surface area contributed by atoms with Crippen LogP contribution in [0.4, 0.5) is 0 Å². The molecule has 3 nitrogen and oxygen atoms in total. The van der Waals surface area contributed by atoms with Crippen molar-refractivity contribution in [2.45, 2.75) is 0 Å². The maximum atomic E-state index is 4.64. The Labute approximate surface area is 144 Å². The average Bonchev–Trinajstić information content (AvgIpc) is 3.00. The van der Waals surface area contributed by atoms with Gasteiger partial charge in [-0.25, -0.2) is 4.98 Å². The van der Waals surface area contributed by atoms with Gasteiger partial charge in [-0.15, -0.1) is 0 Å². The molecule has 0 saturated heterocycles. The summed E-state index contributed by atoms with van der Waals surface area (Å²) in [6, 6.07) is 18.2. The van der Waals surface area contributed by atoms with Crippen molar-refractivity contribution in [3.8, 4) is 11.4 Å². The van der Waals surface area contributed by atoms with Gasteiger partial charge in [0.25, 0.3) is 0 Å². The molecule has 0 spiro atoms. The minimum Gasteiger partial charge on any atom is -0.338 e. The number of aromatic amines is 1. The number of nitrogens with zero attached hydrogens (tertiary/aromatic N) is 2. The minimum atomic E-state index is 0. The smallest absolute Gasteiger partial charge is 0.140 e. The largest absolute Gasteiger partial charge is 0.338 e. The molecule has 0 saturated carbocycles. The number of hydrogen-bond donors (Lipinski definition) is 1. The van der Waals surface area contributed by atoms with Gasteiger partial charge in [0.05, 0.1) is 16.6 Å². The van der Waals surface area contributed by atoms with Crippen molar-refractivity contribution < 1.29 is 18.8 Å². The number of rotatable bonds is 1. The fraction of sp³-hybridized carbons (Fsp3) is 0. The fourth-order valence-electron chi connectivity index (χ4n) is 2.38. The van der Waals surface area contributed by atoms with Crippen LogP contribution in [0, 0.1) is 7.43 Å². The van der Waals surface area contributed by atoms with Gasteiger partial charge in [-0.3, -0.25) is 4.98 Å². The van der Waals surface area contributed by atoms with Crippen LogP contribution in [0.5, 0.6) is 0 Å². The van der Waals surface area contributed by atoms with E-state index in [0.29, 0.717) is 0 Å². The second-order valence-corrected chi connectivity index (χ2v) is 4.48. The van der Waals surface area contributed by atoms with Gasteiger partial charge in [-0.05, 0) is 24.3 Å². The summed E-state index contributed by atoms with van der Waals surface area (Å²) in [6.07, 6.45) is 1.81. The van der Waals surface area contributed by atoms with E-state index in [1.807, 2.05) is 48.7 Å². The van der Waals surface area contributed by atoms with E-state index in [1.165, 1.54) is 0 Å². The topological polar surface area (TPSA) is 41.6 Å². The van der Waals surface area contributed by atoms with Crippen molar-refractivity contribution in [1.82, 2.24) is 15.0 Å². The molecule has 0 bridgehead atoms. The number of hydrogen-bond acceptors (Lipinski definition) is 2. The maximum Gasteiger partial charge on any atom is 0.140 e. The number of benzene rings is 2. The predicted octanol–water partition coefficient (Wildman–Crippen LogP) is 4.92. The second-order valence-electron chi connectivity index (χ2n) is 4.48. The molecule has 0 atom stereocenters. The Bertz CT molecular complexity index is 851. The van der Waals surface area contributed by atoms with Gasteiger partial charge in [0.15, 0.2) is 0 Å². The fourth-order valence-corrected chi connectivity index (χ4v) is 2.38. The molecule has 4 rings (SSSR count). The zero-order valence-electron chi connectivity index (χ0n) is 11.9. The van der Waals surface area contributed by atoms with Gasteiger partial charge in [-0.2, -0.15) is 0 Å². The van der Waals surface area contributed by atoms with Crippen LogP contribution in [0.15, 0.2) is 60.8 Å². The van der Waals surface area contributed by atoms with Crippen molar-refractivity contribution in [2.24, 2.45) is 0 Å². The molecule has 4 aromatic rings. The Morgan fingerprint density at radius 3 is 2.50 bits per heavy atom. The molecule has 114 valence electrons. The van der Waals surface area contributed by atoms with Crippen LogP contribution in [0.1, 0.15) is 0 Å². The Morgan fingerprint density at radius 2 is 1.68 bits per heavy atom. The summed E-state index contributed by atoms with van der Waals surface area (Å²) in [4.78, 5) is 12.5. The molecular weight excluding hydrogens is 477 g/mol. The van der Waals surface area contributed by atoms with Gasteiger partial charge >= 0.3 is 28.2 Å². The zero-order valence-corrected chi connectivity index (χ0v) is 14.9. The van der Waals surface area contributed by atoms with Crippen LogP contribution in [0.25, 0.3) is 33.3 Å². The molecule has 0 aliphatic heterocycles. The Balaban J connectivity index is 0.000000566. The van der Waals surface area contributed by atoms with Crippen LogP contribution in [0.3, 0.4) is 0 Å². The molecule has 22 heavy (non-hydrogen) atoms. The van der Waals surface area contributed by atoms with E-state index in [-0.39, 0.29) is 7.43 Å². The second kappa shape index (κ2) is 7.53. The number of aromatic nitrogens is 3. The van der Waals surface area contributed by atoms with Crippen molar-refractivity contribution >= 4 is 31.4 Å². The maximum absolute atomic E-state index is 4.64. The molecule has 0 aliphatic rings. The number of H-pyrrole nitrogens is 1. The number of fused-ring (bicyclic) bond motifs is 2. The summed E-state index contributed by atoms with van der Waals surface area (Å²) in [5.74, 6) is 0.866. The van der Waals surface area contributed by atoms with Gasteiger partial charge in [0.2, 0.25) is 0 Å². The Hall–Kier alpha value is -1.70. The van der Waals surface area contributed by atoms with E-state index < -0.39 is 0 Å². The normalized spacial score (nSPS) is 9.95. The number of nitrogens with one attached hydrogen (secondary N) is 1. The van der Waals surface area contributed by atoms with Gasteiger partial charge < -0.3 is 12.4 Å². The molecule has 1 N–H and O–H groups in total. The van der Waals surface area contributed by atoms with Crippen molar-refractivity contribution in [2.75, 3.05) is 0 Å². The molecule has 2 heterocycles. The van der Waals surface area contributed by atoms with Gasteiger partial charge in [0.1, 0.15) is 5.82 Å². The first-order chi connectivity index (χ1) is 10.4. The Morgan fingerprint density at radius 1 is 0.909 bits per heavy atom. The van der Waals surface area contributed by atoms with E-state index in [1.54, 1.807) is 18.8 Å². The molecule has 2 aromatic carbocycles. The summed E-state index contributed by atoms with van der Waals surface area (Å²) in [5, 5.41) is 1.13. The molecule has 0 fully saturated rings. The first kappa shape index (κ1) is 16.7. The van der Waals surface area contributed by atoms with Crippen LogP contribution in [-0.4, -0.2) is 15.0 Å². The minimum absolute atomic E-state index is 0. The third-order valence-corrected chi connectivity index (χ3v) is 3.28. The average molecular weight is 491 g/mol. The SMILES string of the molecule is [CH3-].[Cl][Pt+].c1cnc2c(-c3nc4ccccc4[nH]3)cccc2c1. The third-order valence-electron chi connectivity index (χ3n) is 3.28. The van der Waals surface area contributed by atoms with Crippen LogP contribution in [-0.2, 0) is 18.8 Å². The first-order valence-corrected chi connectivity index (χ1v) is 9.14. The third kappa shape index (κ3) is 3.06. The van der Waals surface area contributed by atoms with Gasteiger partial charge in [0, 0.05) is 17.1 Å². The monoisotopic (exact) mass is 490 g/mol. The van der Waals surface area contributed by atoms with E-state index in [0.717, 1.165) is 33.3 Å². The van der Waals surface area contributed by atoms with Gasteiger partial charge in [-0.1, -0.05) is 30.3 Å². The number of pyridine rings is 1. The van der Waals surface area contributed by atoms with E-state index >= 15 is 0 Å². The molecule has 0 aliphatic carbocycles. The summed E-state index contributed by atoms with van der Waals surface area (Å²) < 4.78 is 0. The van der Waals surface area contributed by atoms with E-state index in [4.69, 9.17) is 0 Å². The molecule has 0 radical (unpaired) electrons. The number of para-hydroxylation sites is 3. The van der Waals surface area contributed by atoms with E-state index in [2.05, 4.69) is 36.5 Å². The van der Waals surface area contributed by atoms with E-state index in [9.17, 15) is 0 Å². The van der Waals surface area contributed by atoms with Crippen LogP contribution in [0.2, 0.25) is 0 Å². The van der Waals surface area contributed by atoms with Crippen molar-refractivity contribution in [1.29, 1.82) is 0 Å². The Kier molecular flexibility index (Phi) is 5.70. The summed E-state index contributed by atoms with van der Waals surface area (Å²) in [5.41, 5.74) is 4.04.